The number of rotatable bonds is 7. The number of imidazole rings is 1. The number of nitrogens with one attached hydrogen (secondary N) is 2. The van der Waals surface area contributed by atoms with Crippen molar-refractivity contribution in [2.24, 2.45) is 5.92 Å². The first kappa shape index (κ1) is 19.0. The molecule has 3 aromatic rings. The van der Waals surface area contributed by atoms with Gasteiger partial charge in [-0.25, -0.2) is 4.98 Å². The topological polar surface area (TPSA) is 81.6 Å². The molecule has 0 aliphatic rings. The molecule has 0 bridgehead atoms. The summed E-state index contributed by atoms with van der Waals surface area (Å²) in [4.78, 5) is 20.4. The first-order valence-corrected chi connectivity index (χ1v) is 10.0. The number of aromatic amines is 1. The molecule has 27 heavy (non-hydrogen) atoms. The van der Waals surface area contributed by atoms with Crippen molar-refractivity contribution in [2.75, 3.05) is 5.75 Å². The van der Waals surface area contributed by atoms with E-state index in [1.165, 1.54) is 0 Å². The van der Waals surface area contributed by atoms with Crippen LogP contribution in [0.4, 0.5) is 0 Å². The number of thioether (sulfide) groups is 1. The third-order valence-corrected chi connectivity index (χ3v) is 5.27. The third-order valence-electron chi connectivity index (χ3n) is 4.27. The Morgan fingerprint density at radius 3 is 2.63 bits per heavy atom. The summed E-state index contributed by atoms with van der Waals surface area (Å²) in [5.74, 6) is 2.11. The van der Waals surface area contributed by atoms with E-state index < -0.39 is 0 Å². The van der Waals surface area contributed by atoms with E-state index in [1.54, 1.807) is 23.9 Å². The van der Waals surface area contributed by atoms with Gasteiger partial charge < -0.3 is 10.3 Å². The first-order chi connectivity index (χ1) is 13.1. The van der Waals surface area contributed by atoms with Crippen LogP contribution in [0.2, 0.25) is 0 Å². The van der Waals surface area contributed by atoms with Crippen molar-refractivity contribution < 1.29 is 4.79 Å². The molecule has 0 spiro atoms. The van der Waals surface area contributed by atoms with Gasteiger partial charge in [0.1, 0.15) is 5.82 Å². The number of carbonyl (C=O) groups excluding carboxylic acids is 1. The van der Waals surface area contributed by atoms with Crippen LogP contribution in [0.3, 0.4) is 0 Å². The minimum atomic E-state index is -0.152. The highest BCUT2D eigenvalue weighted by atomic mass is 32.2. The number of para-hydroxylation sites is 2. The number of fused-ring (bicyclic) bond motifs is 1. The zero-order chi connectivity index (χ0) is 19.2. The second-order valence-electron chi connectivity index (χ2n) is 6.73. The zero-order valence-corrected chi connectivity index (χ0v) is 16.2. The maximum absolute atomic E-state index is 12.4. The molecular weight excluding hydrogens is 356 g/mol. The molecule has 0 saturated carbocycles. The molecular formula is C21H22N4OS. The monoisotopic (exact) mass is 378 g/mol. The number of aromatic nitrogens is 2. The number of H-pyrrole nitrogens is 1. The molecule has 0 aliphatic heterocycles. The molecule has 1 atom stereocenters. The SMILES string of the molecule is CC(C)C(NC(=O)CSCc1ccc(C#N)cc1)c1nc2ccccc2[nH]1. The van der Waals surface area contributed by atoms with Crippen molar-refractivity contribution in [3.05, 3.63) is 65.5 Å². The van der Waals surface area contributed by atoms with E-state index in [4.69, 9.17) is 5.26 Å². The fraction of sp³-hybridized carbons (Fsp3) is 0.286. The fourth-order valence-corrected chi connectivity index (χ4v) is 3.62. The van der Waals surface area contributed by atoms with Crippen molar-refractivity contribution in [1.82, 2.24) is 15.3 Å². The van der Waals surface area contributed by atoms with E-state index in [0.717, 1.165) is 28.2 Å². The van der Waals surface area contributed by atoms with Crippen LogP contribution >= 0.6 is 11.8 Å². The Morgan fingerprint density at radius 2 is 1.96 bits per heavy atom. The van der Waals surface area contributed by atoms with E-state index in [-0.39, 0.29) is 17.9 Å². The predicted octanol–water partition coefficient (Wildman–Crippen LogP) is 4.18. The Labute approximate surface area is 163 Å². The molecule has 0 radical (unpaired) electrons. The van der Waals surface area contributed by atoms with Gasteiger partial charge in [0.05, 0.1) is 34.5 Å². The second-order valence-corrected chi connectivity index (χ2v) is 7.72. The number of hydrogen-bond acceptors (Lipinski definition) is 4. The van der Waals surface area contributed by atoms with Gasteiger partial charge in [-0.15, -0.1) is 11.8 Å². The van der Waals surface area contributed by atoms with Gasteiger partial charge in [-0.3, -0.25) is 4.79 Å². The number of amides is 1. The number of hydrogen-bond donors (Lipinski definition) is 2. The third kappa shape index (κ3) is 4.89. The molecule has 1 heterocycles. The van der Waals surface area contributed by atoms with Gasteiger partial charge >= 0.3 is 0 Å². The molecule has 1 amide bonds. The summed E-state index contributed by atoms with van der Waals surface area (Å²) in [7, 11) is 0. The van der Waals surface area contributed by atoms with Crippen molar-refractivity contribution >= 4 is 28.7 Å². The summed E-state index contributed by atoms with van der Waals surface area (Å²) in [6, 6.07) is 17.3. The maximum Gasteiger partial charge on any atom is 0.230 e. The van der Waals surface area contributed by atoms with Crippen LogP contribution in [-0.4, -0.2) is 21.6 Å². The van der Waals surface area contributed by atoms with Gasteiger partial charge in [0.25, 0.3) is 0 Å². The highest BCUT2D eigenvalue weighted by molar-refractivity contribution is 7.99. The number of nitrogens with zero attached hydrogens (tertiary/aromatic N) is 2. The minimum Gasteiger partial charge on any atom is -0.345 e. The predicted molar refractivity (Wildman–Crippen MR) is 109 cm³/mol. The molecule has 6 heteroatoms. The van der Waals surface area contributed by atoms with Crippen LogP contribution in [-0.2, 0) is 10.5 Å². The van der Waals surface area contributed by atoms with Crippen LogP contribution in [0.5, 0.6) is 0 Å². The van der Waals surface area contributed by atoms with Crippen molar-refractivity contribution in [1.29, 1.82) is 5.26 Å². The lowest BCUT2D eigenvalue weighted by Gasteiger charge is -2.20. The smallest absolute Gasteiger partial charge is 0.230 e. The van der Waals surface area contributed by atoms with Crippen LogP contribution in [0.1, 0.15) is 36.8 Å². The first-order valence-electron chi connectivity index (χ1n) is 8.87. The largest absolute Gasteiger partial charge is 0.345 e. The van der Waals surface area contributed by atoms with E-state index in [0.29, 0.717) is 11.3 Å². The standard InChI is InChI=1S/C21H22N4OS/c1-14(2)20(21-23-17-5-3-4-6-18(17)24-21)25-19(26)13-27-12-16-9-7-15(11-22)8-10-16/h3-10,14,20H,12-13H2,1-2H3,(H,23,24)(H,25,26). The number of benzene rings is 2. The Kier molecular flexibility index (Phi) is 6.15. The Morgan fingerprint density at radius 1 is 1.22 bits per heavy atom. The summed E-state index contributed by atoms with van der Waals surface area (Å²) in [5, 5.41) is 11.9. The average molecular weight is 379 g/mol. The van der Waals surface area contributed by atoms with E-state index >= 15 is 0 Å². The lowest BCUT2D eigenvalue weighted by atomic mass is 10.0. The van der Waals surface area contributed by atoms with Gasteiger partial charge in [0.2, 0.25) is 5.91 Å². The van der Waals surface area contributed by atoms with E-state index in [2.05, 4.69) is 35.2 Å². The molecule has 0 aliphatic carbocycles. The molecule has 2 N–H and O–H groups in total. The Balaban J connectivity index is 1.57. The summed E-state index contributed by atoms with van der Waals surface area (Å²) >= 11 is 1.56. The zero-order valence-electron chi connectivity index (χ0n) is 15.4. The molecule has 2 aromatic carbocycles. The van der Waals surface area contributed by atoms with Gasteiger partial charge in [0, 0.05) is 5.75 Å². The summed E-state index contributed by atoms with van der Waals surface area (Å²) < 4.78 is 0. The molecule has 3 rings (SSSR count). The van der Waals surface area contributed by atoms with Crippen LogP contribution < -0.4 is 5.32 Å². The number of nitriles is 1. The summed E-state index contributed by atoms with van der Waals surface area (Å²) in [6.45, 7) is 4.14. The minimum absolute atomic E-state index is 0.00667. The molecule has 0 saturated heterocycles. The normalized spacial score (nSPS) is 12.1. The second kappa shape index (κ2) is 8.74. The molecule has 1 unspecified atom stereocenters. The maximum atomic E-state index is 12.4. The highest BCUT2D eigenvalue weighted by Gasteiger charge is 2.21. The quantitative estimate of drug-likeness (QED) is 0.646. The fourth-order valence-electron chi connectivity index (χ4n) is 2.82. The van der Waals surface area contributed by atoms with E-state index in [9.17, 15) is 4.79 Å². The van der Waals surface area contributed by atoms with E-state index in [1.807, 2.05) is 36.4 Å². The highest BCUT2D eigenvalue weighted by Crippen LogP contribution is 2.22. The van der Waals surface area contributed by atoms with Crippen LogP contribution in [0, 0.1) is 17.2 Å². The van der Waals surface area contributed by atoms with Crippen LogP contribution in [0.15, 0.2) is 48.5 Å². The van der Waals surface area contributed by atoms with Crippen molar-refractivity contribution in [3.63, 3.8) is 0 Å². The van der Waals surface area contributed by atoms with Gasteiger partial charge in [-0.1, -0.05) is 38.1 Å². The Bertz CT molecular complexity index is 923. The Hall–Kier alpha value is -2.78. The average Bonchev–Trinajstić information content (AvgIpc) is 3.10. The summed E-state index contributed by atoms with van der Waals surface area (Å²) in [6.07, 6.45) is 0. The number of carbonyl (C=O) groups is 1. The van der Waals surface area contributed by atoms with Crippen LogP contribution in [0.25, 0.3) is 11.0 Å². The molecule has 5 nitrogen and oxygen atoms in total. The molecule has 138 valence electrons. The van der Waals surface area contributed by atoms with Crippen molar-refractivity contribution in [3.8, 4) is 6.07 Å². The van der Waals surface area contributed by atoms with Crippen molar-refractivity contribution in [2.45, 2.75) is 25.6 Å². The van der Waals surface area contributed by atoms with Gasteiger partial charge in [-0.05, 0) is 35.7 Å². The van der Waals surface area contributed by atoms with Gasteiger partial charge in [0.15, 0.2) is 0 Å². The summed E-state index contributed by atoms with van der Waals surface area (Å²) in [5.41, 5.74) is 3.63. The molecule has 0 fully saturated rings. The van der Waals surface area contributed by atoms with Gasteiger partial charge in [-0.2, -0.15) is 5.26 Å². The lowest BCUT2D eigenvalue weighted by molar-refractivity contribution is -0.119. The molecule has 1 aromatic heterocycles. The lowest BCUT2D eigenvalue weighted by Crippen LogP contribution is -2.33.